The number of amides is 1. The van der Waals surface area contributed by atoms with Crippen LogP contribution in [0.2, 0.25) is 10.0 Å². The van der Waals surface area contributed by atoms with Gasteiger partial charge < -0.3 is 14.8 Å². The van der Waals surface area contributed by atoms with Gasteiger partial charge in [0, 0.05) is 5.56 Å². The van der Waals surface area contributed by atoms with E-state index in [2.05, 4.69) is 9.97 Å². The van der Waals surface area contributed by atoms with Crippen molar-refractivity contribution in [2.24, 2.45) is 0 Å². The Morgan fingerprint density at radius 1 is 1.06 bits per heavy atom. The third-order valence-electron chi connectivity index (χ3n) is 5.89. The monoisotopic (exact) mass is 507 g/mol. The largest absolute Gasteiger partial charge is 0.507 e. The van der Waals surface area contributed by atoms with Gasteiger partial charge in [-0.2, -0.15) is 0 Å². The summed E-state index contributed by atoms with van der Waals surface area (Å²) < 4.78 is 5.17. The molecule has 0 saturated carbocycles. The second-order valence-corrected chi connectivity index (χ2v) is 8.95. The third kappa shape index (κ3) is 3.83. The number of ketones is 1. The van der Waals surface area contributed by atoms with Crippen molar-refractivity contribution >= 4 is 57.6 Å². The first-order chi connectivity index (χ1) is 16.8. The summed E-state index contributed by atoms with van der Waals surface area (Å²) in [6.07, 6.45) is 0. The first kappa shape index (κ1) is 23.0. The highest BCUT2D eigenvalue weighted by Gasteiger charge is 2.48. The number of fused-ring (bicyclic) bond motifs is 1. The molecule has 9 heteroatoms. The summed E-state index contributed by atoms with van der Waals surface area (Å²) in [4.78, 5) is 35.6. The highest BCUT2D eigenvalue weighted by molar-refractivity contribution is 6.51. The topological polar surface area (TPSA) is 95.5 Å². The Hall–Kier alpha value is -3.81. The fourth-order valence-electron chi connectivity index (χ4n) is 4.27. The predicted molar refractivity (Wildman–Crippen MR) is 135 cm³/mol. The minimum Gasteiger partial charge on any atom is -0.507 e. The zero-order valence-corrected chi connectivity index (χ0v) is 20.2. The van der Waals surface area contributed by atoms with E-state index in [-0.39, 0.29) is 32.9 Å². The number of hydrogen-bond acceptors (Lipinski definition) is 5. The van der Waals surface area contributed by atoms with Crippen molar-refractivity contribution in [1.29, 1.82) is 0 Å². The summed E-state index contributed by atoms with van der Waals surface area (Å²) in [6, 6.07) is 16.5. The molecule has 1 unspecified atom stereocenters. The second kappa shape index (κ2) is 8.76. The SMILES string of the molecule is COc1c(Cl)cc(/C(O)=C2\C(=O)C(=O)N(c3nc4ccc(C)cc4[nH]3)C2c2ccccc2)cc1Cl. The number of ether oxygens (including phenoxy) is 1. The van der Waals surface area contributed by atoms with Gasteiger partial charge in [0.05, 0.1) is 39.8 Å². The van der Waals surface area contributed by atoms with E-state index in [1.54, 1.807) is 24.3 Å². The Morgan fingerprint density at radius 2 is 1.74 bits per heavy atom. The molecule has 1 aliphatic rings. The molecule has 1 atom stereocenters. The molecule has 7 nitrogen and oxygen atoms in total. The summed E-state index contributed by atoms with van der Waals surface area (Å²) in [7, 11) is 1.42. The number of rotatable bonds is 4. The number of aryl methyl sites for hydroxylation is 1. The molecule has 176 valence electrons. The quantitative estimate of drug-likeness (QED) is 0.206. The highest BCUT2D eigenvalue weighted by Crippen LogP contribution is 2.43. The highest BCUT2D eigenvalue weighted by atomic mass is 35.5. The number of Topliss-reactive ketones (excluding diaryl/α,β-unsaturated/α-hetero) is 1. The molecule has 0 spiro atoms. The maximum Gasteiger partial charge on any atom is 0.302 e. The number of methoxy groups -OCH3 is 1. The van der Waals surface area contributed by atoms with Gasteiger partial charge in [-0.05, 0) is 42.3 Å². The predicted octanol–water partition coefficient (Wildman–Crippen LogP) is 5.81. The normalized spacial score (nSPS) is 17.4. The van der Waals surface area contributed by atoms with Crippen molar-refractivity contribution in [2.45, 2.75) is 13.0 Å². The lowest BCUT2D eigenvalue weighted by Crippen LogP contribution is -2.30. The molecule has 0 radical (unpaired) electrons. The molecule has 1 fully saturated rings. The van der Waals surface area contributed by atoms with E-state index < -0.39 is 23.5 Å². The van der Waals surface area contributed by atoms with Crippen molar-refractivity contribution in [3.63, 3.8) is 0 Å². The summed E-state index contributed by atoms with van der Waals surface area (Å²) in [5.74, 6) is -1.63. The van der Waals surface area contributed by atoms with Crippen LogP contribution in [-0.2, 0) is 9.59 Å². The Bertz CT molecular complexity index is 1510. The van der Waals surface area contributed by atoms with E-state index in [1.807, 2.05) is 31.2 Å². The molecule has 2 heterocycles. The van der Waals surface area contributed by atoms with Crippen LogP contribution in [0.15, 0.2) is 66.2 Å². The number of nitrogens with one attached hydrogen (secondary N) is 1. The lowest BCUT2D eigenvalue weighted by molar-refractivity contribution is -0.132. The summed E-state index contributed by atoms with van der Waals surface area (Å²) in [5, 5.41) is 11.6. The number of halogens is 2. The molecule has 0 aliphatic carbocycles. The molecule has 35 heavy (non-hydrogen) atoms. The number of H-pyrrole nitrogens is 1. The average molecular weight is 508 g/mol. The van der Waals surface area contributed by atoms with Crippen molar-refractivity contribution in [3.05, 3.63) is 93.0 Å². The molecule has 1 amide bonds. The minimum absolute atomic E-state index is 0.102. The number of carbonyl (C=O) groups excluding carboxylic acids is 2. The van der Waals surface area contributed by atoms with Crippen LogP contribution in [0.3, 0.4) is 0 Å². The number of aromatic nitrogens is 2. The lowest BCUT2D eigenvalue weighted by atomic mass is 9.95. The number of imidazole rings is 1. The molecule has 4 aromatic rings. The molecule has 3 aromatic carbocycles. The Labute approximate surface area is 210 Å². The van der Waals surface area contributed by atoms with Gasteiger partial charge in [-0.1, -0.05) is 59.6 Å². The summed E-state index contributed by atoms with van der Waals surface area (Å²) >= 11 is 12.5. The standard InChI is InChI=1S/C26H19Cl2N3O4/c1-13-8-9-18-19(10-13)30-26(29-18)31-21(14-6-4-3-5-7-14)20(23(33)25(31)34)22(32)15-11-16(27)24(35-2)17(28)12-15/h3-12,21,32H,1-2H3,(H,29,30)/b22-20+. The molecule has 0 bridgehead atoms. The molecular weight excluding hydrogens is 489 g/mol. The maximum atomic E-state index is 13.3. The molecule has 1 saturated heterocycles. The van der Waals surface area contributed by atoms with Gasteiger partial charge in [0.2, 0.25) is 5.95 Å². The number of nitrogens with zero attached hydrogens (tertiary/aromatic N) is 2. The number of aromatic amines is 1. The molecule has 1 aliphatic heterocycles. The van der Waals surface area contributed by atoms with Gasteiger partial charge in [0.15, 0.2) is 5.75 Å². The first-order valence-electron chi connectivity index (χ1n) is 10.7. The third-order valence-corrected chi connectivity index (χ3v) is 6.45. The number of benzene rings is 3. The van der Waals surface area contributed by atoms with Crippen molar-refractivity contribution < 1.29 is 19.4 Å². The van der Waals surface area contributed by atoms with Crippen LogP contribution in [0.4, 0.5) is 5.95 Å². The average Bonchev–Trinajstić information content (AvgIpc) is 3.36. The van der Waals surface area contributed by atoms with E-state index >= 15 is 0 Å². The van der Waals surface area contributed by atoms with E-state index in [1.165, 1.54) is 24.1 Å². The summed E-state index contributed by atoms with van der Waals surface area (Å²) in [5.41, 5.74) is 3.09. The molecule has 2 N–H and O–H groups in total. The van der Waals surface area contributed by atoms with Crippen molar-refractivity contribution in [1.82, 2.24) is 9.97 Å². The van der Waals surface area contributed by atoms with Gasteiger partial charge in [-0.15, -0.1) is 0 Å². The zero-order chi connectivity index (χ0) is 24.9. The number of hydrogen-bond donors (Lipinski definition) is 2. The van der Waals surface area contributed by atoms with Gasteiger partial charge in [0.25, 0.3) is 5.78 Å². The van der Waals surface area contributed by atoms with Crippen LogP contribution >= 0.6 is 23.2 Å². The molecule has 5 rings (SSSR count). The van der Waals surface area contributed by atoms with E-state index in [4.69, 9.17) is 27.9 Å². The van der Waals surface area contributed by atoms with Gasteiger partial charge >= 0.3 is 5.91 Å². The van der Waals surface area contributed by atoms with E-state index in [0.717, 1.165) is 11.1 Å². The Morgan fingerprint density at radius 3 is 2.40 bits per heavy atom. The van der Waals surface area contributed by atoms with Crippen LogP contribution in [-0.4, -0.2) is 33.9 Å². The van der Waals surface area contributed by atoms with Crippen LogP contribution in [0, 0.1) is 6.92 Å². The number of aliphatic hydroxyl groups is 1. The fourth-order valence-corrected chi connectivity index (χ4v) is 4.91. The van der Waals surface area contributed by atoms with E-state index in [0.29, 0.717) is 11.1 Å². The number of anilines is 1. The number of carbonyl (C=O) groups is 2. The second-order valence-electron chi connectivity index (χ2n) is 8.13. The van der Waals surface area contributed by atoms with Crippen LogP contribution in [0.5, 0.6) is 5.75 Å². The minimum atomic E-state index is -0.933. The fraction of sp³-hybridized carbons (Fsp3) is 0.115. The smallest absolute Gasteiger partial charge is 0.302 e. The maximum absolute atomic E-state index is 13.3. The van der Waals surface area contributed by atoms with Gasteiger partial charge in [0.1, 0.15) is 5.76 Å². The molecule has 1 aromatic heterocycles. The lowest BCUT2D eigenvalue weighted by Gasteiger charge is -2.23. The Kier molecular flexibility index (Phi) is 5.75. The Balaban J connectivity index is 1.73. The zero-order valence-electron chi connectivity index (χ0n) is 18.7. The first-order valence-corrected chi connectivity index (χ1v) is 11.4. The molecular formula is C26H19Cl2N3O4. The van der Waals surface area contributed by atoms with Gasteiger partial charge in [-0.3, -0.25) is 14.5 Å². The van der Waals surface area contributed by atoms with Gasteiger partial charge in [-0.25, -0.2) is 4.98 Å². The van der Waals surface area contributed by atoms with Crippen LogP contribution in [0.1, 0.15) is 22.7 Å². The van der Waals surface area contributed by atoms with Crippen molar-refractivity contribution in [3.8, 4) is 5.75 Å². The van der Waals surface area contributed by atoms with Crippen molar-refractivity contribution in [2.75, 3.05) is 12.0 Å². The van der Waals surface area contributed by atoms with E-state index in [9.17, 15) is 14.7 Å². The number of aliphatic hydroxyl groups excluding tert-OH is 1. The van der Waals surface area contributed by atoms with Crippen LogP contribution in [0.25, 0.3) is 16.8 Å². The van der Waals surface area contributed by atoms with Crippen LogP contribution < -0.4 is 9.64 Å². The summed E-state index contributed by atoms with van der Waals surface area (Å²) in [6.45, 7) is 1.95.